The number of halogens is 1. The van der Waals surface area contributed by atoms with Gasteiger partial charge in [-0.05, 0) is 36.8 Å². The fraction of sp³-hybridized carbons (Fsp3) is 0.211. The third-order valence-electron chi connectivity index (χ3n) is 4.45. The minimum absolute atomic E-state index is 0.0405. The molecule has 4 rings (SSSR count). The first-order valence-electron chi connectivity index (χ1n) is 8.33. The van der Waals surface area contributed by atoms with Crippen molar-refractivity contribution in [1.82, 2.24) is 4.98 Å². The minimum Gasteiger partial charge on any atom is -0.326 e. The van der Waals surface area contributed by atoms with Gasteiger partial charge in [0.1, 0.15) is 5.82 Å². The number of anilines is 2. The summed E-state index contributed by atoms with van der Waals surface area (Å²) in [6, 6.07) is 11.8. The summed E-state index contributed by atoms with van der Waals surface area (Å²) in [6.45, 7) is 2.31. The van der Waals surface area contributed by atoms with Gasteiger partial charge in [0, 0.05) is 18.7 Å². The van der Waals surface area contributed by atoms with Gasteiger partial charge in [-0.15, -0.1) is 0 Å². The van der Waals surface area contributed by atoms with Crippen molar-refractivity contribution in [2.45, 2.75) is 19.3 Å². The van der Waals surface area contributed by atoms with Crippen LogP contribution in [-0.4, -0.2) is 23.3 Å². The van der Waals surface area contributed by atoms with Crippen LogP contribution in [0.4, 0.5) is 15.2 Å². The zero-order valence-electron chi connectivity index (χ0n) is 14.0. The van der Waals surface area contributed by atoms with Crippen LogP contribution in [0.15, 0.2) is 42.5 Å². The SMILES string of the molecule is CCN(C(=O)[C@@H]1CC(=O)Nc2cc(F)ccc21)c1nc2ccccc2s1. The fourth-order valence-corrected chi connectivity index (χ4v) is 4.24. The minimum atomic E-state index is -0.647. The number of benzene rings is 2. The molecule has 1 aliphatic rings. The van der Waals surface area contributed by atoms with Crippen molar-refractivity contribution in [3.63, 3.8) is 0 Å². The summed E-state index contributed by atoms with van der Waals surface area (Å²) in [4.78, 5) is 31.4. The molecule has 1 aliphatic heterocycles. The van der Waals surface area contributed by atoms with Gasteiger partial charge in [-0.3, -0.25) is 14.5 Å². The zero-order valence-corrected chi connectivity index (χ0v) is 14.8. The number of carbonyl (C=O) groups excluding carboxylic acids is 2. The van der Waals surface area contributed by atoms with E-state index >= 15 is 0 Å². The number of amides is 2. The van der Waals surface area contributed by atoms with Gasteiger partial charge in [0.2, 0.25) is 11.8 Å². The molecule has 0 saturated heterocycles. The number of thiazole rings is 1. The second kappa shape index (κ2) is 6.49. The van der Waals surface area contributed by atoms with Crippen molar-refractivity contribution in [1.29, 1.82) is 0 Å². The number of nitrogens with zero attached hydrogens (tertiary/aromatic N) is 2. The number of nitrogens with one attached hydrogen (secondary N) is 1. The maximum absolute atomic E-state index is 13.5. The third-order valence-corrected chi connectivity index (χ3v) is 5.51. The van der Waals surface area contributed by atoms with Crippen LogP contribution >= 0.6 is 11.3 Å². The van der Waals surface area contributed by atoms with E-state index in [0.29, 0.717) is 22.9 Å². The highest BCUT2D eigenvalue weighted by molar-refractivity contribution is 7.22. The number of rotatable bonds is 3. The van der Waals surface area contributed by atoms with E-state index in [0.717, 1.165) is 10.2 Å². The second-order valence-corrected chi connectivity index (χ2v) is 7.09. The Kier molecular flexibility index (Phi) is 4.16. The van der Waals surface area contributed by atoms with E-state index in [9.17, 15) is 14.0 Å². The standard InChI is InChI=1S/C19H16FN3O2S/c1-2-23(19-22-14-5-3-4-6-16(14)26-19)18(25)13-10-17(24)21-15-9-11(20)7-8-12(13)15/h3-9,13H,2,10H2,1H3,(H,21,24)/t13-/m1/s1. The molecule has 2 aromatic carbocycles. The maximum Gasteiger partial charge on any atom is 0.236 e. The van der Waals surface area contributed by atoms with Gasteiger partial charge in [-0.2, -0.15) is 0 Å². The molecule has 0 saturated carbocycles. The molecule has 0 aliphatic carbocycles. The molecular formula is C19H16FN3O2S. The summed E-state index contributed by atoms with van der Waals surface area (Å²) in [5.41, 5.74) is 1.83. The van der Waals surface area contributed by atoms with Gasteiger partial charge in [-0.25, -0.2) is 9.37 Å². The first-order chi connectivity index (χ1) is 12.6. The molecule has 1 aromatic heterocycles. The third kappa shape index (κ3) is 2.84. The highest BCUT2D eigenvalue weighted by Crippen LogP contribution is 2.36. The van der Waals surface area contributed by atoms with E-state index in [2.05, 4.69) is 10.3 Å². The Labute approximate surface area is 153 Å². The van der Waals surface area contributed by atoms with E-state index in [1.807, 2.05) is 31.2 Å². The quantitative estimate of drug-likeness (QED) is 0.761. The highest BCUT2D eigenvalue weighted by atomic mass is 32.1. The van der Waals surface area contributed by atoms with Gasteiger partial charge in [0.25, 0.3) is 0 Å². The first kappa shape index (κ1) is 16.7. The van der Waals surface area contributed by atoms with Crippen LogP contribution in [-0.2, 0) is 9.59 Å². The van der Waals surface area contributed by atoms with Crippen LogP contribution in [0.1, 0.15) is 24.8 Å². The van der Waals surface area contributed by atoms with Gasteiger partial charge in [0.15, 0.2) is 5.13 Å². The zero-order chi connectivity index (χ0) is 18.3. The van der Waals surface area contributed by atoms with Crippen molar-refractivity contribution in [3.8, 4) is 0 Å². The summed E-state index contributed by atoms with van der Waals surface area (Å²) in [7, 11) is 0. The van der Waals surface area contributed by atoms with Crippen LogP contribution in [0.5, 0.6) is 0 Å². The average Bonchev–Trinajstić information content (AvgIpc) is 3.04. The summed E-state index contributed by atoms with van der Waals surface area (Å²) in [5, 5.41) is 3.25. The van der Waals surface area contributed by atoms with Crippen LogP contribution in [0.25, 0.3) is 10.2 Å². The smallest absolute Gasteiger partial charge is 0.236 e. The van der Waals surface area contributed by atoms with Gasteiger partial charge < -0.3 is 5.32 Å². The Bertz CT molecular complexity index is 984. The number of likely N-dealkylation sites (N-methyl/N-ethyl adjacent to an activating group) is 1. The lowest BCUT2D eigenvalue weighted by Crippen LogP contribution is -2.38. The Balaban J connectivity index is 1.72. The molecule has 0 bridgehead atoms. The largest absolute Gasteiger partial charge is 0.326 e. The lowest BCUT2D eigenvalue weighted by atomic mass is 9.89. The van der Waals surface area contributed by atoms with E-state index in [4.69, 9.17) is 0 Å². The second-order valence-electron chi connectivity index (χ2n) is 6.08. The topological polar surface area (TPSA) is 62.3 Å². The molecule has 1 N–H and O–H groups in total. The number of fused-ring (bicyclic) bond motifs is 2. The van der Waals surface area contributed by atoms with Crippen molar-refractivity contribution in [2.24, 2.45) is 0 Å². The molecule has 26 heavy (non-hydrogen) atoms. The summed E-state index contributed by atoms with van der Waals surface area (Å²) < 4.78 is 14.5. The molecule has 1 atom stereocenters. The normalized spacial score (nSPS) is 16.2. The number of carbonyl (C=O) groups is 2. The molecular weight excluding hydrogens is 353 g/mol. The van der Waals surface area contributed by atoms with Gasteiger partial charge >= 0.3 is 0 Å². The molecule has 0 radical (unpaired) electrons. The number of hydrogen-bond donors (Lipinski definition) is 1. The van der Waals surface area contributed by atoms with Gasteiger partial charge in [0.05, 0.1) is 16.1 Å². The van der Waals surface area contributed by atoms with Crippen LogP contribution in [0.3, 0.4) is 0 Å². The van der Waals surface area contributed by atoms with Crippen LogP contribution in [0.2, 0.25) is 0 Å². The summed E-state index contributed by atoms with van der Waals surface area (Å²) in [5.74, 6) is -1.59. The highest BCUT2D eigenvalue weighted by Gasteiger charge is 2.34. The maximum atomic E-state index is 13.5. The molecule has 0 fully saturated rings. The van der Waals surface area contributed by atoms with E-state index < -0.39 is 11.7 Å². The first-order valence-corrected chi connectivity index (χ1v) is 9.14. The molecule has 2 heterocycles. The van der Waals surface area contributed by atoms with Crippen molar-refractivity contribution >= 4 is 44.2 Å². The Morgan fingerprint density at radius 1 is 1.35 bits per heavy atom. The predicted molar refractivity (Wildman–Crippen MR) is 100 cm³/mol. The van der Waals surface area contributed by atoms with Crippen molar-refractivity contribution < 1.29 is 14.0 Å². The molecule has 0 spiro atoms. The summed E-state index contributed by atoms with van der Waals surface area (Å²) >= 11 is 1.44. The molecule has 132 valence electrons. The monoisotopic (exact) mass is 369 g/mol. The lowest BCUT2D eigenvalue weighted by molar-refractivity contribution is -0.124. The van der Waals surface area contributed by atoms with Crippen molar-refractivity contribution in [2.75, 3.05) is 16.8 Å². The Hall–Kier alpha value is -2.80. The Morgan fingerprint density at radius 3 is 2.92 bits per heavy atom. The average molecular weight is 369 g/mol. The van der Waals surface area contributed by atoms with E-state index in [1.165, 1.54) is 23.5 Å². The molecule has 3 aromatic rings. The van der Waals surface area contributed by atoms with Crippen molar-refractivity contribution in [3.05, 3.63) is 53.8 Å². The number of hydrogen-bond acceptors (Lipinski definition) is 4. The molecule has 2 amide bonds. The fourth-order valence-electron chi connectivity index (χ4n) is 3.21. The molecule has 7 heteroatoms. The van der Waals surface area contributed by atoms with E-state index in [-0.39, 0.29) is 18.2 Å². The molecule has 5 nitrogen and oxygen atoms in total. The van der Waals surface area contributed by atoms with E-state index in [1.54, 1.807) is 11.0 Å². The number of para-hydroxylation sites is 1. The van der Waals surface area contributed by atoms with Crippen LogP contribution in [0, 0.1) is 5.82 Å². The van der Waals surface area contributed by atoms with Gasteiger partial charge in [-0.1, -0.05) is 29.5 Å². The summed E-state index contributed by atoms with van der Waals surface area (Å²) in [6.07, 6.45) is 0.0405. The van der Waals surface area contributed by atoms with Crippen LogP contribution < -0.4 is 10.2 Å². The molecule has 0 unspecified atom stereocenters. The Morgan fingerprint density at radius 2 is 2.15 bits per heavy atom. The lowest BCUT2D eigenvalue weighted by Gasteiger charge is -2.28. The predicted octanol–water partition coefficient (Wildman–Crippen LogP) is 3.91. The number of aromatic nitrogens is 1.